The third-order valence-electron chi connectivity index (χ3n) is 4.26. The van der Waals surface area contributed by atoms with Crippen molar-refractivity contribution in [3.8, 4) is 11.5 Å². The van der Waals surface area contributed by atoms with Crippen LogP contribution in [0.25, 0.3) is 6.08 Å². The maximum atomic E-state index is 12.2. The van der Waals surface area contributed by atoms with E-state index >= 15 is 0 Å². The van der Waals surface area contributed by atoms with Gasteiger partial charge in [0.2, 0.25) is 0 Å². The van der Waals surface area contributed by atoms with Gasteiger partial charge in [0, 0.05) is 5.02 Å². The molecule has 1 aliphatic rings. The summed E-state index contributed by atoms with van der Waals surface area (Å²) < 4.78 is 23.1. The summed E-state index contributed by atoms with van der Waals surface area (Å²) in [5.41, 5.74) is 1.86. The van der Waals surface area contributed by atoms with Gasteiger partial charge in [0.25, 0.3) is 5.90 Å². The molecular weight excluding hydrogens is 533 g/mol. The van der Waals surface area contributed by atoms with Gasteiger partial charge in [-0.15, -0.1) is 0 Å². The Balaban J connectivity index is 1.61. The molecule has 0 bridgehead atoms. The number of halogens is 2. The zero-order valence-corrected chi connectivity index (χ0v) is 19.3. The van der Waals surface area contributed by atoms with Crippen LogP contribution in [0.2, 0.25) is 5.02 Å². The summed E-state index contributed by atoms with van der Waals surface area (Å²) >= 11 is 8.23. The molecule has 1 aromatic heterocycles. The Morgan fingerprint density at radius 2 is 2.03 bits per heavy atom. The number of rotatable bonds is 7. The van der Waals surface area contributed by atoms with Crippen molar-refractivity contribution in [2.24, 2.45) is 4.99 Å². The van der Waals surface area contributed by atoms with Crippen LogP contribution in [0.1, 0.15) is 23.8 Å². The van der Waals surface area contributed by atoms with Gasteiger partial charge < -0.3 is 18.6 Å². The lowest BCUT2D eigenvalue weighted by molar-refractivity contribution is -0.130. The van der Waals surface area contributed by atoms with E-state index in [0.29, 0.717) is 35.5 Å². The summed E-state index contributed by atoms with van der Waals surface area (Å²) in [5.74, 6) is 1.19. The number of aliphatic imine (C=N–C) groups is 1. The van der Waals surface area contributed by atoms with Crippen LogP contribution in [0.4, 0.5) is 0 Å². The minimum atomic E-state index is -0.541. The van der Waals surface area contributed by atoms with E-state index < -0.39 is 5.97 Å². The molecule has 0 saturated carbocycles. The standard InChI is InChI=1S/C23H17ClINO5/c1-2-28-20-12-15(11-18-23(27)31-22(26-18)19-7-4-8-29-19)10-17(25)21(20)30-13-14-5-3-6-16(24)9-14/h3-12H,2,13H2,1H3/b18-11-. The Morgan fingerprint density at radius 3 is 2.77 bits per heavy atom. The normalized spacial score (nSPS) is 14.5. The maximum Gasteiger partial charge on any atom is 0.363 e. The minimum absolute atomic E-state index is 0.141. The molecule has 6 nitrogen and oxygen atoms in total. The lowest BCUT2D eigenvalue weighted by atomic mass is 10.1. The lowest BCUT2D eigenvalue weighted by Crippen LogP contribution is -2.04. The van der Waals surface area contributed by atoms with Crippen molar-refractivity contribution in [2.45, 2.75) is 13.5 Å². The van der Waals surface area contributed by atoms with Gasteiger partial charge >= 0.3 is 5.97 Å². The van der Waals surface area contributed by atoms with Crippen molar-refractivity contribution in [3.63, 3.8) is 0 Å². The van der Waals surface area contributed by atoms with Crippen LogP contribution >= 0.6 is 34.2 Å². The molecule has 0 unspecified atom stereocenters. The van der Waals surface area contributed by atoms with Crippen molar-refractivity contribution >= 4 is 52.1 Å². The maximum absolute atomic E-state index is 12.2. The molecule has 0 radical (unpaired) electrons. The number of hydrogen-bond donors (Lipinski definition) is 0. The number of carbonyl (C=O) groups excluding carboxylic acids is 1. The number of esters is 1. The molecule has 0 amide bonds. The highest BCUT2D eigenvalue weighted by Gasteiger charge is 2.26. The highest BCUT2D eigenvalue weighted by atomic mass is 127. The monoisotopic (exact) mass is 549 g/mol. The molecule has 8 heteroatoms. The van der Waals surface area contributed by atoms with Gasteiger partial charge in [-0.2, -0.15) is 0 Å². The predicted molar refractivity (Wildman–Crippen MR) is 125 cm³/mol. The summed E-state index contributed by atoms with van der Waals surface area (Å²) in [6.07, 6.45) is 3.13. The number of benzene rings is 2. The molecule has 4 rings (SSSR count). The third-order valence-corrected chi connectivity index (χ3v) is 5.30. The van der Waals surface area contributed by atoms with Gasteiger partial charge in [-0.05, 0) is 83.1 Å². The highest BCUT2D eigenvalue weighted by molar-refractivity contribution is 14.1. The van der Waals surface area contributed by atoms with Crippen molar-refractivity contribution in [1.82, 2.24) is 0 Å². The Morgan fingerprint density at radius 1 is 1.16 bits per heavy atom. The van der Waals surface area contributed by atoms with Gasteiger partial charge in [0.05, 0.1) is 16.4 Å². The van der Waals surface area contributed by atoms with Crippen LogP contribution in [0.5, 0.6) is 11.5 Å². The molecule has 1 aliphatic heterocycles. The second kappa shape index (κ2) is 9.57. The van der Waals surface area contributed by atoms with E-state index in [2.05, 4.69) is 27.6 Å². The first kappa shape index (κ1) is 21.5. The van der Waals surface area contributed by atoms with Crippen molar-refractivity contribution in [2.75, 3.05) is 6.61 Å². The number of nitrogens with zero attached hydrogens (tertiary/aromatic N) is 1. The molecule has 0 atom stereocenters. The van der Waals surface area contributed by atoms with Gasteiger partial charge in [0.15, 0.2) is 23.0 Å². The van der Waals surface area contributed by atoms with Crippen LogP contribution in [-0.4, -0.2) is 18.5 Å². The molecule has 0 fully saturated rings. The zero-order valence-electron chi connectivity index (χ0n) is 16.4. The summed E-state index contributed by atoms with van der Waals surface area (Å²) in [5, 5.41) is 0.653. The highest BCUT2D eigenvalue weighted by Crippen LogP contribution is 2.36. The average molecular weight is 550 g/mol. The van der Waals surface area contributed by atoms with Gasteiger partial charge in [-0.3, -0.25) is 0 Å². The fourth-order valence-electron chi connectivity index (χ4n) is 2.93. The second-order valence-corrected chi connectivity index (χ2v) is 8.09. The van der Waals surface area contributed by atoms with E-state index in [1.54, 1.807) is 24.3 Å². The fraction of sp³-hybridized carbons (Fsp3) is 0.130. The Hall–Kier alpha value is -2.78. The van der Waals surface area contributed by atoms with Crippen molar-refractivity contribution in [1.29, 1.82) is 0 Å². The van der Waals surface area contributed by atoms with E-state index in [9.17, 15) is 4.79 Å². The zero-order chi connectivity index (χ0) is 21.8. The van der Waals surface area contributed by atoms with Crippen molar-refractivity contribution < 1.29 is 23.4 Å². The molecule has 3 aromatic rings. The second-order valence-electron chi connectivity index (χ2n) is 6.49. The molecule has 2 heterocycles. The number of carbonyl (C=O) groups is 1. The summed E-state index contributed by atoms with van der Waals surface area (Å²) in [7, 11) is 0. The number of hydrogen-bond acceptors (Lipinski definition) is 6. The molecule has 31 heavy (non-hydrogen) atoms. The van der Waals surface area contributed by atoms with Gasteiger partial charge in [-0.25, -0.2) is 9.79 Å². The van der Waals surface area contributed by atoms with Crippen LogP contribution < -0.4 is 9.47 Å². The number of cyclic esters (lactones) is 1. The number of furan rings is 1. The van der Waals surface area contributed by atoms with E-state index in [1.165, 1.54) is 6.26 Å². The first-order chi connectivity index (χ1) is 15.0. The molecule has 2 aromatic carbocycles. The summed E-state index contributed by atoms with van der Waals surface area (Å²) in [4.78, 5) is 16.5. The lowest BCUT2D eigenvalue weighted by Gasteiger charge is -2.15. The Labute approximate surface area is 197 Å². The van der Waals surface area contributed by atoms with Crippen LogP contribution in [-0.2, 0) is 16.1 Å². The van der Waals surface area contributed by atoms with E-state index in [0.717, 1.165) is 14.7 Å². The predicted octanol–water partition coefficient (Wildman–Crippen LogP) is 5.86. The fourth-order valence-corrected chi connectivity index (χ4v) is 3.92. The summed E-state index contributed by atoms with van der Waals surface area (Å²) in [6, 6.07) is 14.6. The largest absolute Gasteiger partial charge is 0.490 e. The quantitative estimate of drug-likeness (QED) is 0.210. The van der Waals surface area contributed by atoms with Gasteiger partial charge in [0.1, 0.15) is 6.61 Å². The van der Waals surface area contributed by atoms with E-state index in [-0.39, 0.29) is 11.6 Å². The Bertz CT molecular complexity index is 1170. The van der Waals surface area contributed by atoms with Crippen LogP contribution in [0.15, 0.2) is 69.9 Å². The van der Waals surface area contributed by atoms with Crippen LogP contribution in [0, 0.1) is 3.57 Å². The SMILES string of the molecule is CCOc1cc(/C=C2\N=C(c3ccco3)OC2=O)cc(I)c1OCc1cccc(Cl)c1. The first-order valence-electron chi connectivity index (χ1n) is 9.43. The van der Waals surface area contributed by atoms with E-state index in [1.807, 2.05) is 37.3 Å². The van der Waals surface area contributed by atoms with Crippen LogP contribution in [0.3, 0.4) is 0 Å². The first-order valence-corrected chi connectivity index (χ1v) is 10.9. The molecule has 0 aliphatic carbocycles. The topological polar surface area (TPSA) is 70.3 Å². The number of ether oxygens (including phenoxy) is 3. The third kappa shape index (κ3) is 5.11. The van der Waals surface area contributed by atoms with E-state index in [4.69, 9.17) is 30.2 Å². The molecule has 0 spiro atoms. The Kier molecular flexibility index (Phi) is 6.62. The molecule has 158 valence electrons. The summed E-state index contributed by atoms with van der Waals surface area (Å²) in [6.45, 7) is 2.71. The molecule has 0 saturated heterocycles. The smallest absolute Gasteiger partial charge is 0.363 e. The van der Waals surface area contributed by atoms with Gasteiger partial charge in [-0.1, -0.05) is 23.7 Å². The molecule has 0 N–H and O–H groups in total. The minimum Gasteiger partial charge on any atom is -0.490 e. The average Bonchev–Trinajstić information content (AvgIpc) is 3.38. The molecular formula is C23H17ClINO5. The van der Waals surface area contributed by atoms with Crippen molar-refractivity contribution in [3.05, 3.63) is 86.0 Å².